The molecule has 0 spiro atoms. The van der Waals surface area contributed by atoms with Gasteiger partial charge in [0.25, 0.3) is 0 Å². The van der Waals surface area contributed by atoms with Crippen molar-refractivity contribution < 1.29 is 4.79 Å². The quantitative estimate of drug-likeness (QED) is 0.882. The second kappa shape index (κ2) is 6.83. The summed E-state index contributed by atoms with van der Waals surface area (Å²) in [6.07, 6.45) is 4.83. The first kappa shape index (κ1) is 13.5. The van der Waals surface area contributed by atoms with E-state index in [1.165, 1.54) is 18.4 Å². The molecule has 98 valence electrons. The molecule has 0 bridgehead atoms. The topological polar surface area (TPSA) is 29.1 Å². The summed E-state index contributed by atoms with van der Waals surface area (Å²) in [5.41, 5.74) is 1.28. The van der Waals surface area contributed by atoms with Gasteiger partial charge in [0.15, 0.2) is 0 Å². The Morgan fingerprint density at radius 3 is 2.67 bits per heavy atom. The van der Waals surface area contributed by atoms with E-state index < -0.39 is 0 Å². The lowest BCUT2D eigenvalue weighted by atomic mass is 10.2. The van der Waals surface area contributed by atoms with Crippen molar-refractivity contribution in [2.45, 2.75) is 49.7 Å². The van der Waals surface area contributed by atoms with Crippen molar-refractivity contribution in [1.82, 2.24) is 5.32 Å². The highest BCUT2D eigenvalue weighted by Crippen LogP contribution is 2.20. The fourth-order valence-electron chi connectivity index (χ4n) is 2.26. The maximum Gasteiger partial charge on any atom is 0.233 e. The maximum atomic E-state index is 12.0. The van der Waals surface area contributed by atoms with Gasteiger partial charge in [0.05, 0.1) is 5.25 Å². The SMILES string of the molecule is C[C@H](SCc1ccccc1)C(=O)NC1CCCC1. The van der Waals surface area contributed by atoms with Gasteiger partial charge >= 0.3 is 0 Å². The first-order valence-electron chi connectivity index (χ1n) is 6.71. The lowest BCUT2D eigenvalue weighted by Crippen LogP contribution is -2.37. The van der Waals surface area contributed by atoms with E-state index in [1.54, 1.807) is 11.8 Å². The first-order valence-corrected chi connectivity index (χ1v) is 7.76. The Balaban J connectivity index is 1.73. The van der Waals surface area contributed by atoms with E-state index in [-0.39, 0.29) is 11.2 Å². The zero-order valence-corrected chi connectivity index (χ0v) is 11.7. The molecule has 0 radical (unpaired) electrons. The fourth-order valence-corrected chi connectivity index (χ4v) is 3.11. The van der Waals surface area contributed by atoms with E-state index >= 15 is 0 Å². The molecule has 0 heterocycles. The van der Waals surface area contributed by atoms with Crippen LogP contribution in [-0.2, 0) is 10.5 Å². The second-order valence-corrected chi connectivity index (χ2v) is 6.26. The van der Waals surface area contributed by atoms with Crippen molar-refractivity contribution in [3.8, 4) is 0 Å². The molecule has 0 saturated heterocycles. The average molecular weight is 263 g/mol. The van der Waals surface area contributed by atoms with Crippen molar-refractivity contribution in [3.05, 3.63) is 35.9 Å². The van der Waals surface area contributed by atoms with Crippen LogP contribution in [0, 0.1) is 0 Å². The molecular weight excluding hydrogens is 242 g/mol. The molecule has 0 aromatic heterocycles. The van der Waals surface area contributed by atoms with E-state index in [9.17, 15) is 4.79 Å². The molecule has 3 heteroatoms. The van der Waals surface area contributed by atoms with Gasteiger partial charge in [-0.05, 0) is 25.3 Å². The summed E-state index contributed by atoms with van der Waals surface area (Å²) in [7, 11) is 0. The summed E-state index contributed by atoms with van der Waals surface area (Å²) in [6, 6.07) is 10.7. The van der Waals surface area contributed by atoms with Crippen molar-refractivity contribution in [3.63, 3.8) is 0 Å². The number of hydrogen-bond donors (Lipinski definition) is 1. The summed E-state index contributed by atoms with van der Waals surface area (Å²) in [4.78, 5) is 12.0. The van der Waals surface area contributed by atoms with Gasteiger partial charge < -0.3 is 5.32 Å². The lowest BCUT2D eigenvalue weighted by molar-refractivity contribution is -0.120. The average Bonchev–Trinajstić information content (AvgIpc) is 2.90. The maximum absolute atomic E-state index is 12.0. The minimum Gasteiger partial charge on any atom is -0.352 e. The van der Waals surface area contributed by atoms with Gasteiger partial charge in [0.1, 0.15) is 0 Å². The van der Waals surface area contributed by atoms with Crippen LogP contribution in [0.2, 0.25) is 0 Å². The molecule has 1 fully saturated rings. The van der Waals surface area contributed by atoms with Gasteiger partial charge in [-0.1, -0.05) is 43.2 Å². The van der Waals surface area contributed by atoms with Crippen LogP contribution in [-0.4, -0.2) is 17.2 Å². The predicted octanol–water partition coefficient (Wildman–Crippen LogP) is 3.37. The zero-order valence-electron chi connectivity index (χ0n) is 10.9. The first-order chi connectivity index (χ1) is 8.75. The minimum absolute atomic E-state index is 0.0332. The summed E-state index contributed by atoms with van der Waals surface area (Å²) < 4.78 is 0. The van der Waals surface area contributed by atoms with Crippen LogP contribution in [0.5, 0.6) is 0 Å². The molecule has 2 nitrogen and oxygen atoms in total. The van der Waals surface area contributed by atoms with E-state index in [0.717, 1.165) is 18.6 Å². The third kappa shape index (κ3) is 4.05. The molecule has 1 aliphatic rings. The van der Waals surface area contributed by atoms with Crippen LogP contribution in [0.15, 0.2) is 30.3 Å². The van der Waals surface area contributed by atoms with Gasteiger partial charge in [-0.3, -0.25) is 4.79 Å². The molecule has 0 aliphatic heterocycles. The Labute approximate surface area is 114 Å². The third-order valence-electron chi connectivity index (χ3n) is 3.41. The van der Waals surface area contributed by atoms with Gasteiger partial charge in [0, 0.05) is 11.8 Å². The van der Waals surface area contributed by atoms with Gasteiger partial charge in [0.2, 0.25) is 5.91 Å². The van der Waals surface area contributed by atoms with E-state index in [2.05, 4.69) is 17.4 Å². The summed E-state index contributed by atoms with van der Waals surface area (Å²) in [5.74, 6) is 1.10. The highest BCUT2D eigenvalue weighted by Gasteiger charge is 2.20. The van der Waals surface area contributed by atoms with Crippen molar-refractivity contribution in [2.24, 2.45) is 0 Å². The molecule has 1 N–H and O–H groups in total. The Bertz CT molecular complexity index is 373. The summed E-state index contributed by atoms with van der Waals surface area (Å²) in [6.45, 7) is 2.00. The smallest absolute Gasteiger partial charge is 0.233 e. The normalized spacial score (nSPS) is 17.6. The van der Waals surface area contributed by atoms with E-state index in [1.807, 2.05) is 25.1 Å². The molecule has 1 aromatic carbocycles. The molecule has 2 rings (SSSR count). The number of carbonyl (C=O) groups excluding carboxylic acids is 1. The lowest BCUT2D eigenvalue weighted by Gasteiger charge is -2.16. The number of rotatable bonds is 5. The molecule has 1 aromatic rings. The van der Waals surface area contributed by atoms with E-state index in [0.29, 0.717) is 6.04 Å². The monoisotopic (exact) mass is 263 g/mol. The van der Waals surface area contributed by atoms with Gasteiger partial charge in [-0.25, -0.2) is 0 Å². The Hall–Kier alpha value is -0.960. The third-order valence-corrected chi connectivity index (χ3v) is 4.63. The number of hydrogen-bond acceptors (Lipinski definition) is 2. The number of nitrogens with one attached hydrogen (secondary N) is 1. The Morgan fingerprint density at radius 2 is 2.00 bits per heavy atom. The molecule has 1 saturated carbocycles. The van der Waals surface area contributed by atoms with Crippen LogP contribution in [0.1, 0.15) is 38.2 Å². The molecule has 0 unspecified atom stereocenters. The summed E-state index contributed by atoms with van der Waals surface area (Å²) in [5, 5.41) is 3.19. The van der Waals surface area contributed by atoms with Crippen LogP contribution in [0.3, 0.4) is 0 Å². The number of thioether (sulfide) groups is 1. The highest BCUT2D eigenvalue weighted by molar-refractivity contribution is 7.99. The number of amides is 1. The number of benzene rings is 1. The molecular formula is C15H21NOS. The van der Waals surface area contributed by atoms with Crippen molar-refractivity contribution >= 4 is 17.7 Å². The number of carbonyl (C=O) groups is 1. The van der Waals surface area contributed by atoms with E-state index in [4.69, 9.17) is 0 Å². The molecule has 1 atom stereocenters. The van der Waals surface area contributed by atoms with Crippen molar-refractivity contribution in [2.75, 3.05) is 0 Å². The molecule has 1 aliphatic carbocycles. The predicted molar refractivity (Wildman–Crippen MR) is 77.6 cm³/mol. The van der Waals surface area contributed by atoms with Crippen LogP contribution >= 0.6 is 11.8 Å². The van der Waals surface area contributed by atoms with Crippen molar-refractivity contribution in [1.29, 1.82) is 0 Å². The minimum atomic E-state index is 0.0332. The highest BCUT2D eigenvalue weighted by atomic mass is 32.2. The fraction of sp³-hybridized carbons (Fsp3) is 0.533. The zero-order chi connectivity index (χ0) is 12.8. The van der Waals surface area contributed by atoms with Gasteiger partial charge in [-0.2, -0.15) is 0 Å². The van der Waals surface area contributed by atoms with Crippen LogP contribution in [0.4, 0.5) is 0 Å². The van der Waals surface area contributed by atoms with Crippen LogP contribution in [0.25, 0.3) is 0 Å². The standard InChI is InChI=1S/C15H21NOS/c1-12(15(17)16-14-9-5-6-10-14)18-11-13-7-3-2-4-8-13/h2-4,7-8,12,14H,5-6,9-11H2,1H3,(H,16,17)/t12-/m0/s1. The molecule has 1 amide bonds. The Kier molecular flexibility index (Phi) is 5.12. The van der Waals surface area contributed by atoms with Crippen LogP contribution < -0.4 is 5.32 Å². The van der Waals surface area contributed by atoms with Gasteiger partial charge in [-0.15, -0.1) is 11.8 Å². The molecule has 18 heavy (non-hydrogen) atoms. The largest absolute Gasteiger partial charge is 0.352 e. The second-order valence-electron chi connectivity index (χ2n) is 4.93. The Morgan fingerprint density at radius 1 is 1.33 bits per heavy atom. The summed E-state index contributed by atoms with van der Waals surface area (Å²) >= 11 is 1.71.